The Bertz CT molecular complexity index is 335. The summed E-state index contributed by atoms with van der Waals surface area (Å²) < 4.78 is 0. The summed E-state index contributed by atoms with van der Waals surface area (Å²) >= 11 is 0. The first-order valence-electron chi connectivity index (χ1n) is 6.24. The quantitative estimate of drug-likeness (QED) is 0.844. The molecule has 2 unspecified atom stereocenters. The minimum atomic E-state index is -0.618. The van der Waals surface area contributed by atoms with E-state index in [1.807, 2.05) is 0 Å². The molecular weight excluding hydrogens is 212 g/mol. The lowest BCUT2D eigenvalue weighted by Gasteiger charge is -2.21. The second-order valence-corrected chi connectivity index (χ2v) is 5.85. The lowest BCUT2D eigenvalue weighted by molar-refractivity contribution is 0.0835. The minimum absolute atomic E-state index is 0.162. The maximum absolute atomic E-state index is 9.42. The molecule has 0 amide bonds. The Kier molecular flexibility index (Phi) is 4.72. The highest BCUT2D eigenvalue weighted by atomic mass is 16.3. The van der Waals surface area contributed by atoms with E-state index in [4.69, 9.17) is 5.11 Å². The molecule has 96 valence electrons. The van der Waals surface area contributed by atoms with Crippen LogP contribution in [0.5, 0.6) is 0 Å². The minimum Gasteiger partial charge on any atom is -0.394 e. The normalized spacial score (nSPS) is 15.6. The van der Waals surface area contributed by atoms with Crippen molar-refractivity contribution in [3.05, 3.63) is 35.4 Å². The molecule has 0 saturated carbocycles. The maximum Gasteiger partial charge on any atom is 0.0776 e. The van der Waals surface area contributed by atoms with E-state index in [9.17, 15) is 5.11 Å². The highest BCUT2D eigenvalue weighted by Gasteiger charge is 2.15. The summed E-state index contributed by atoms with van der Waals surface area (Å²) in [5.74, 6) is 0.270. The van der Waals surface area contributed by atoms with Crippen molar-refractivity contribution >= 4 is 0 Å². The zero-order valence-electron chi connectivity index (χ0n) is 11.3. The van der Waals surface area contributed by atoms with Crippen LogP contribution in [-0.4, -0.2) is 22.9 Å². The van der Waals surface area contributed by atoms with Crippen molar-refractivity contribution < 1.29 is 10.2 Å². The molecule has 1 aromatic carbocycles. The molecule has 2 N–H and O–H groups in total. The van der Waals surface area contributed by atoms with Gasteiger partial charge in [-0.15, -0.1) is 0 Å². The van der Waals surface area contributed by atoms with Gasteiger partial charge in [-0.1, -0.05) is 52.0 Å². The molecule has 0 heterocycles. The van der Waals surface area contributed by atoms with E-state index in [2.05, 4.69) is 52.0 Å². The van der Waals surface area contributed by atoms with Gasteiger partial charge in [-0.2, -0.15) is 0 Å². The van der Waals surface area contributed by atoms with E-state index in [0.717, 1.165) is 0 Å². The first-order valence-corrected chi connectivity index (χ1v) is 6.24. The van der Waals surface area contributed by atoms with Crippen LogP contribution in [0.4, 0.5) is 0 Å². The van der Waals surface area contributed by atoms with Gasteiger partial charge in [-0.25, -0.2) is 0 Å². The van der Waals surface area contributed by atoms with Crippen LogP contribution >= 0.6 is 0 Å². The lowest BCUT2D eigenvalue weighted by Crippen LogP contribution is -2.15. The van der Waals surface area contributed by atoms with E-state index in [1.165, 1.54) is 11.1 Å². The topological polar surface area (TPSA) is 40.5 Å². The molecule has 0 bridgehead atoms. The molecule has 1 rings (SSSR count). The van der Waals surface area contributed by atoms with Crippen LogP contribution < -0.4 is 0 Å². The van der Waals surface area contributed by atoms with Gasteiger partial charge >= 0.3 is 0 Å². The Balaban J connectivity index is 2.74. The van der Waals surface area contributed by atoms with Crippen molar-refractivity contribution in [2.75, 3.05) is 6.61 Å². The average Bonchev–Trinajstić information content (AvgIpc) is 2.27. The van der Waals surface area contributed by atoms with Gasteiger partial charge in [0.2, 0.25) is 0 Å². The Labute approximate surface area is 104 Å². The Morgan fingerprint density at radius 1 is 1.12 bits per heavy atom. The summed E-state index contributed by atoms with van der Waals surface area (Å²) in [6.45, 7) is 8.50. The summed E-state index contributed by atoms with van der Waals surface area (Å²) in [7, 11) is 0. The molecule has 0 aliphatic heterocycles. The molecule has 0 aliphatic carbocycles. The molecule has 17 heavy (non-hydrogen) atoms. The Morgan fingerprint density at radius 2 is 1.65 bits per heavy atom. The van der Waals surface area contributed by atoms with Gasteiger partial charge in [0.15, 0.2) is 0 Å². The molecule has 2 nitrogen and oxygen atoms in total. The lowest BCUT2D eigenvalue weighted by atomic mass is 9.85. The highest BCUT2D eigenvalue weighted by molar-refractivity contribution is 5.29. The number of aliphatic hydroxyl groups excluding tert-OH is 2. The van der Waals surface area contributed by atoms with Crippen LogP contribution in [0.25, 0.3) is 0 Å². The van der Waals surface area contributed by atoms with Crippen LogP contribution in [0.15, 0.2) is 24.3 Å². The predicted octanol–water partition coefficient (Wildman–Crippen LogP) is 2.83. The summed E-state index contributed by atoms with van der Waals surface area (Å²) in [6, 6.07) is 8.54. The molecule has 0 radical (unpaired) electrons. The number of hydrogen-bond acceptors (Lipinski definition) is 2. The molecule has 0 aromatic heterocycles. The van der Waals surface area contributed by atoms with E-state index in [0.29, 0.717) is 6.42 Å². The maximum atomic E-state index is 9.42. The van der Waals surface area contributed by atoms with Crippen molar-refractivity contribution in [1.29, 1.82) is 0 Å². The van der Waals surface area contributed by atoms with E-state index in [-0.39, 0.29) is 17.9 Å². The van der Waals surface area contributed by atoms with Gasteiger partial charge < -0.3 is 10.2 Å². The van der Waals surface area contributed by atoms with Gasteiger partial charge in [0.25, 0.3) is 0 Å². The molecule has 2 atom stereocenters. The summed E-state index contributed by atoms with van der Waals surface area (Å²) in [5.41, 5.74) is 2.70. The molecule has 0 aliphatic rings. The third-order valence-corrected chi connectivity index (χ3v) is 3.18. The molecule has 0 fully saturated rings. The van der Waals surface area contributed by atoms with Crippen molar-refractivity contribution in [3.63, 3.8) is 0 Å². The number of aliphatic hydroxyl groups is 2. The van der Waals surface area contributed by atoms with Crippen LogP contribution in [0, 0.1) is 0 Å². The third-order valence-electron chi connectivity index (χ3n) is 3.18. The second kappa shape index (κ2) is 5.65. The number of rotatable bonds is 4. The third kappa shape index (κ3) is 4.14. The average molecular weight is 236 g/mol. The first kappa shape index (κ1) is 14.2. The second-order valence-electron chi connectivity index (χ2n) is 5.85. The van der Waals surface area contributed by atoms with Crippen molar-refractivity contribution in [2.45, 2.75) is 51.6 Å². The molecule has 0 spiro atoms. The molecule has 1 aromatic rings. The molecular formula is C15H24O2. The van der Waals surface area contributed by atoms with E-state index >= 15 is 0 Å². The monoisotopic (exact) mass is 236 g/mol. The summed E-state index contributed by atoms with van der Waals surface area (Å²) in [6.07, 6.45) is -0.0157. The van der Waals surface area contributed by atoms with Crippen LogP contribution in [0.3, 0.4) is 0 Å². The standard InChI is InChI=1S/C15H24O2/c1-11(9-14(17)10-16)12-5-7-13(8-6-12)15(2,3)4/h5-8,11,14,16-17H,9-10H2,1-4H3. The van der Waals surface area contributed by atoms with Crippen LogP contribution in [0.1, 0.15) is 51.2 Å². The highest BCUT2D eigenvalue weighted by Crippen LogP contribution is 2.26. The molecule has 2 heteroatoms. The van der Waals surface area contributed by atoms with Gasteiger partial charge in [0.05, 0.1) is 12.7 Å². The number of benzene rings is 1. The SMILES string of the molecule is CC(CC(O)CO)c1ccc(C(C)(C)C)cc1. The van der Waals surface area contributed by atoms with Gasteiger partial charge in [-0.05, 0) is 28.9 Å². The first-order chi connectivity index (χ1) is 7.84. The summed E-state index contributed by atoms with van der Waals surface area (Å²) in [5, 5.41) is 18.3. The zero-order chi connectivity index (χ0) is 13.1. The fraction of sp³-hybridized carbons (Fsp3) is 0.600. The fourth-order valence-corrected chi connectivity index (χ4v) is 1.93. The molecule has 0 saturated heterocycles. The van der Waals surface area contributed by atoms with Gasteiger partial charge in [0.1, 0.15) is 0 Å². The number of hydrogen-bond donors (Lipinski definition) is 2. The van der Waals surface area contributed by atoms with Crippen LogP contribution in [-0.2, 0) is 5.41 Å². The Hall–Kier alpha value is -0.860. The largest absolute Gasteiger partial charge is 0.394 e. The zero-order valence-corrected chi connectivity index (χ0v) is 11.3. The Morgan fingerprint density at radius 3 is 2.06 bits per heavy atom. The van der Waals surface area contributed by atoms with Crippen molar-refractivity contribution in [1.82, 2.24) is 0 Å². The fourth-order valence-electron chi connectivity index (χ4n) is 1.93. The van der Waals surface area contributed by atoms with E-state index < -0.39 is 6.10 Å². The van der Waals surface area contributed by atoms with Crippen molar-refractivity contribution in [3.8, 4) is 0 Å². The van der Waals surface area contributed by atoms with Crippen molar-refractivity contribution in [2.24, 2.45) is 0 Å². The smallest absolute Gasteiger partial charge is 0.0776 e. The van der Waals surface area contributed by atoms with Crippen LogP contribution in [0.2, 0.25) is 0 Å². The van der Waals surface area contributed by atoms with Gasteiger partial charge in [-0.3, -0.25) is 0 Å². The van der Waals surface area contributed by atoms with E-state index in [1.54, 1.807) is 0 Å². The van der Waals surface area contributed by atoms with Gasteiger partial charge in [0, 0.05) is 0 Å². The summed E-state index contributed by atoms with van der Waals surface area (Å²) in [4.78, 5) is 0. The predicted molar refractivity (Wildman–Crippen MR) is 71.3 cm³/mol.